The Morgan fingerprint density at radius 1 is 1.35 bits per heavy atom. The second-order valence-corrected chi connectivity index (χ2v) is 3.49. The summed E-state index contributed by atoms with van der Waals surface area (Å²) in [4.78, 5) is 15.0. The molecule has 2 aromatic rings. The van der Waals surface area contributed by atoms with Gasteiger partial charge in [0.1, 0.15) is 11.6 Å². The molecule has 0 bridgehead atoms. The summed E-state index contributed by atoms with van der Waals surface area (Å²) in [6, 6.07) is 11.3. The van der Waals surface area contributed by atoms with Gasteiger partial charge in [0.05, 0.1) is 5.69 Å². The molecule has 1 heterocycles. The van der Waals surface area contributed by atoms with Gasteiger partial charge in [0.2, 0.25) is 0 Å². The van der Waals surface area contributed by atoms with Crippen LogP contribution in [0.4, 0.5) is 0 Å². The van der Waals surface area contributed by atoms with Gasteiger partial charge in [0.25, 0.3) is 5.91 Å². The summed E-state index contributed by atoms with van der Waals surface area (Å²) in [5.74, 6) is -0.748. The van der Waals surface area contributed by atoms with E-state index in [1.807, 2.05) is 24.3 Å². The third-order valence-electron chi connectivity index (χ3n) is 2.33. The first-order chi connectivity index (χ1) is 8.20. The minimum Gasteiger partial charge on any atom is -0.365 e. The SMILES string of the molecule is N#C/C(=C\c1cc2ccccc2cn1)C(N)=O. The van der Waals surface area contributed by atoms with Crippen molar-refractivity contribution in [3.05, 3.63) is 47.8 Å². The van der Waals surface area contributed by atoms with Crippen LogP contribution in [0.15, 0.2) is 42.1 Å². The highest BCUT2D eigenvalue weighted by molar-refractivity contribution is 6.00. The number of benzene rings is 1. The van der Waals surface area contributed by atoms with Crippen LogP contribution in [0.25, 0.3) is 16.8 Å². The summed E-state index contributed by atoms with van der Waals surface area (Å²) in [6.07, 6.45) is 3.08. The van der Waals surface area contributed by atoms with Crippen molar-refractivity contribution in [2.24, 2.45) is 5.73 Å². The summed E-state index contributed by atoms with van der Waals surface area (Å²) in [5, 5.41) is 10.7. The molecule has 2 rings (SSSR count). The molecule has 0 saturated heterocycles. The van der Waals surface area contributed by atoms with Crippen molar-refractivity contribution in [1.29, 1.82) is 5.26 Å². The first-order valence-corrected chi connectivity index (χ1v) is 4.97. The van der Waals surface area contributed by atoms with Gasteiger partial charge in [0.15, 0.2) is 0 Å². The lowest BCUT2D eigenvalue weighted by molar-refractivity contribution is -0.114. The molecule has 0 atom stereocenters. The molecular weight excluding hydrogens is 214 g/mol. The first kappa shape index (κ1) is 10.8. The van der Waals surface area contributed by atoms with E-state index >= 15 is 0 Å². The lowest BCUT2D eigenvalue weighted by Crippen LogP contribution is -2.12. The Balaban J connectivity index is 2.51. The summed E-state index contributed by atoms with van der Waals surface area (Å²) >= 11 is 0. The molecule has 17 heavy (non-hydrogen) atoms. The van der Waals surface area contributed by atoms with Gasteiger partial charge in [0, 0.05) is 11.6 Å². The number of fused-ring (bicyclic) bond motifs is 1. The number of nitrogens with zero attached hydrogens (tertiary/aromatic N) is 2. The summed E-state index contributed by atoms with van der Waals surface area (Å²) < 4.78 is 0. The second kappa shape index (κ2) is 4.45. The Morgan fingerprint density at radius 3 is 2.71 bits per heavy atom. The molecule has 0 fully saturated rings. The van der Waals surface area contributed by atoms with Gasteiger partial charge in [-0.3, -0.25) is 9.78 Å². The van der Waals surface area contributed by atoms with Crippen LogP contribution < -0.4 is 5.73 Å². The van der Waals surface area contributed by atoms with E-state index in [0.29, 0.717) is 5.69 Å². The quantitative estimate of drug-likeness (QED) is 0.620. The third kappa shape index (κ3) is 2.29. The molecule has 0 radical (unpaired) electrons. The lowest BCUT2D eigenvalue weighted by atomic mass is 10.1. The maximum atomic E-state index is 10.9. The molecule has 1 aromatic heterocycles. The van der Waals surface area contributed by atoms with Crippen molar-refractivity contribution in [2.45, 2.75) is 0 Å². The van der Waals surface area contributed by atoms with Crippen molar-refractivity contribution in [3.63, 3.8) is 0 Å². The van der Waals surface area contributed by atoms with Crippen LogP contribution in [0.5, 0.6) is 0 Å². The standard InChI is InChI=1S/C13H9N3O/c14-7-11(13(15)17)6-12-5-9-3-1-2-4-10(9)8-16-12/h1-6,8H,(H2,15,17)/b11-6+. The number of aromatic nitrogens is 1. The second-order valence-electron chi connectivity index (χ2n) is 3.49. The molecule has 0 aliphatic carbocycles. The Kier molecular flexibility index (Phi) is 2.84. The van der Waals surface area contributed by atoms with E-state index in [4.69, 9.17) is 11.0 Å². The number of nitrogens with two attached hydrogens (primary N) is 1. The number of rotatable bonds is 2. The van der Waals surface area contributed by atoms with Crippen molar-refractivity contribution in [3.8, 4) is 6.07 Å². The smallest absolute Gasteiger partial charge is 0.259 e. The van der Waals surface area contributed by atoms with Crippen LogP contribution in [0.1, 0.15) is 5.69 Å². The fourth-order valence-electron chi connectivity index (χ4n) is 1.49. The highest BCUT2D eigenvalue weighted by Gasteiger charge is 2.04. The summed E-state index contributed by atoms with van der Waals surface area (Å²) in [7, 11) is 0. The van der Waals surface area contributed by atoms with E-state index < -0.39 is 5.91 Å². The molecule has 0 unspecified atom stereocenters. The van der Waals surface area contributed by atoms with E-state index in [1.54, 1.807) is 18.3 Å². The zero-order valence-corrected chi connectivity index (χ0v) is 8.92. The lowest BCUT2D eigenvalue weighted by Gasteiger charge is -1.98. The van der Waals surface area contributed by atoms with Gasteiger partial charge in [-0.15, -0.1) is 0 Å². The number of nitriles is 1. The normalized spacial score (nSPS) is 11.1. The Hall–Kier alpha value is -2.67. The highest BCUT2D eigenvalue weighted by atomic mass is 16.1. The monoisotopic (exact) mass is 223 g/mol. The van der Waals surface area contributed by atoms with Gasteiger partial charge in [-0.05, 0) is 17.5 Å². The van der Waals surface area contributed by atoms with E-state index in [0.717, 1.165) is 10.8 Å². The molecule has 1 aromatic carbocycles. The molecule has 1 amide bonds. The largest absolute Gasteiger partial charge is 0.365 e. The number of carbonyl (C=O) groups is 1. The van der Waals surface area contributed by atoms with Gasteiger partial charge in [-0.2, -0.15) is 5.26 Å². The third-order valence-corrected chi connectivity index (χ3v) is 2.33. The Morgan fingerprint density at radius 2 is 2.06 bits per heavy atom. The molecule has 2 N–H and O–H groups in total. The van der Waals surface area contributed by atoms with Crippen molar-refractivity contribution < 1.29 is 4.79 Å². The number of amides is 1. The van der Waals surface area contributed by atoms with E-state index in [9.17, 15) is 4.79 Å². The van der Waals surface area contributed by atoms with Gasteiger partial charge in [-0.25, -0.2) is 0 Å². The molecule has 0 aliphatic rings. The fourth-order valence-corrected chi connectivity index (χ4v) is 1.49. The molecule has 0 saturated carbocycles. The van der Waals surface area contributed by atoms with Gasteiger partial charge >= 0.3 is 0 Å². The van der Waals surface area contributed by atoms with Crippen molar-refractivity contribution >= 4 is 22.8 Å². The molecule has 82 valence electrons. The van der Waals surface area contributed by atoms with Crippen LogP contribution in [-0.4, -0.2) is 10.9 Å². The number of hydrogen-bond donors (Lipinski definition) is 1. The van der Waals surface area contributed by atoms with Crippen LogP contribution in [-0.2, 0) is 4.79 Å². The molecular formula is C13H9N3O. The van der Waals surface area contributed by atoms with Crippen LogP contribution in [0, 0.1) is 11.3 Å². The van der Waals surface area contributed by atoms with Crippen molar-refractivity contribution in [1.82, 2.24) is 4.98 Å². The van der Waals surface area contributed by atoms with Gasteiger partial charge in [-0.1, -0.05) is 24.3 Å². The number of pyridine rings is 1. The molecule has 0 aliphatic heterocycles. The zero-order valence-electron chi connectivity index (χ0n) is 8.92. The van der Waals surface area contributed by atoms with Crippen LogP contribution in [0.3, 0.4) is 0 Å². The van der Waals surface area contributed by atoms with Crippen molar-refractivity contribution in [2.75, 3.05) is 0 Å². The van der Waals surface area contributed by atoms with Crippen LogP contribution in [0.2, 0.25) is 0 Å². The number of hydrogen-bond acceptors (Lipinski definition) is 3. The van der Waals surface area contributed by atoms with E-state index in [2.05, 4.69) is 4.98 Å². The summed E-state index contributed by atoms with van der Waals surface area (Å²) in [6.45, 7) is 0. The first-order valence-electron chi connectivity index (χ1n) is 4.97. The highest BCUT2D eigenvalue weighted by Crippen LogP contribution is 2.14. The van der Waals surface area contributed by atoms with Crippen LogP contribution >= 0.6 is 0 Å². The number of primary amides is 1. The molecule has 4 nitrogen and oxygen atoms in total. The average Bonchev–Trinajstić information content (AvgIpc) is 2.35. The Labute approximate surface area is 98.0 Å². The molecule has 0 spiro atoms. The predicted octanol–water partition coefficient (Wildman–Crippen LogP) is 1.63. The topological polar surface area (TPSA) is 79.8 Å². The minimum absolute atomic E-state index is 0.104. The Bertz CT molecular complexity index is 653. The number of carbonyl (C=O) groups excluding carboxylic acids is 1. The van der Waals surface area contributed by atoms with E-state index in [1.165, 1.54) is 6.08 Å². The average molecular weight is 223 g/mol. The maximum absolute atomic E-state index is 10.9. The van der Waals surface area contributed by atoms with E-state index in [-0.39, 0.29) is 5.57 Å². The fraction of sp³-hybridized carbons (Fsp3) is 0. The predicted molar refractivity (Wildman–Crippen MR) is 64.5 cm³/mol. The summed E-state index contributed by atoms with van der Waals surface area (Å²) in [5.41, 5.74) is 5.49. The molecule has 4 heteroatoms. The minimum atomic E-state index is -0.748. The zero-order chi connectivity index (χ0) is 12.3. The maximum Gasteiger partial charge on any atom is 0.259 e. The van der Waals surface area contributed by atoms with Gasteiger partial charge < -0.3 is 5.73 Å².